The highest BCUT2D eigenvalue weighted by atomic mass is 16.4. The Morgan fingerprint density at radius 2 is 1.61 bits per heavy atom. The summed E-state index contributed by atoms with van der Waals surface area (Å²) in [6, 6.07) is 0. The lowest BCUT2D eigenvalue weighted by atomic mass is 10.1. The summed E-state index contributed by atoms with van der Waals surface area (Å²) < 4.78 is 0. The Labute approximate surface area is 141 Å². The lowest BCUT2D eigenvalue weighted by Crippen LogP contribution is -1.98. The van der Waals surface area contributed by atoms with Crippen LogP contribution in [0.2, 0.25) is 0 Å². The molecule has 0 aliphatic rings. The largest absolute Gasteiger partial charge is 0.481 e. The van der Waals surface area contributed by atoms with Crippen molar-refractivity contribution in [2.75, 3.05) is 0 Å². The van der Waals surface area contributed by atoms with Gasteiger partial charge in [-0.05, 0) is 38.5 Å². The van der Waals surface area contributed by atoms with E-state index < -0.39 is 12.1 Å². The van der Waals surface area contributed by atoms with E-state index in [4.69, 9.17) is 5.11 Å². The van der Waals surface area contributed by atoms with Gasteiger partial charge in [-0.25, -0.2) is 0 Å². The predicted octanol–water partition coefficient (Wildman–Crippen LogP) is 5.41. The van der Waals surface area contributed by atoms with Gasteiger partial charge < -0.3 is 10.2 Å². The minimum absolute atomic E-state index is 0.281. The molecule has 0 unspecified atom stereocenters. The number of unbranched alkanes of at least 4 members (excludes halogenated alkanes) is 7. The van der Waals surface area contributed by atoms with E-state index in [0.717, 1.165) is 38.5 Å². The molecule has 0 saturated heterocycles. The number of rotatable bonds is 15. The van der Waals surface area contributed by atoms with E-state index in [9.17, 15) is 9.90 Å². The van der Waals surface area contributed by atoms with E-state index in [2.05, 4.69) is 25.2 Å². The Balaban J connectivity index is 3.50. The van der Waals surface area contributed by atoms with E-state index in [-0.39, 0.29) is 6.42 Å². The molecule has 0 heterocycles. The van der Waals surface area contributed by atoms with Crippen LogP contribution in [0.3, 0.4) is 0 Å². The molecule has 3 heteroatoms. The fourth-order valence-corrected chi connectivity index (χ4v) is 2.20. The molecule has 23 heavy (non-hydrogen) atoms. The average Bonchev–Trinajstić information content (AvgIpc) is 2.52. The minimum Gasteiger partial charge on any atom is -0.481 e. The van der Waals surface area contributed by atoms with Gasteiger partial charge in [0.1, 0.15) is 0 Å². The van der Waals surface area contributed by atoms with Crippen molar-refractivity contribution in [1.29, 1.82) is 0 Å². The highest BCUT2D eigenvalue weighted by Gasteiger charge is 1.95. The van der Waals surface area contributed by atoms with Crippen LogP contribution < -0.4 is 0 Å². The maximum Gasteiger partial charge on any atom is 0.303 e. The van der Waals surface area contributed by atoms with Gasteiger partial charge in [0.05, 0.1) is 6.10 Å². The van der Waals surface area contributed by atoms with E-state index in [0.29, 0.717) is 6.42 Å². The number of hydrogen-bond donors (Lipinski definition) is 2. The highest BCUT2D eigenvalue weighted by Crippen LogP contribution is 2.06. The number of aliphatic hydroxyl groups excluding tert-OH is 1. The molecule has 0 aromatic heterocycles. The molecule has 0 rings (SSSR count). The maximum atomic E-state index is 10.3. The zero-order valence-corrected chi connectivity index (χ0v) is 14.6. The lowest BCUT2D eigenvalue weighted by molar-refractivity contribution is -0.137. The first-order chi connectivity index (χ1) is 11.2. The summed E-state index contributed by atoms with van der Waals surface area (Å²) in [7, 11) is 0. The Hall–Kier alpha value is -1.35. The Bertz CT molecular complexity index is 356. The highest BCUT2D eigenvalue weighted by molar-refractivity contribution is 5.66. The standard InChI is InChI=1S/C20H34O3/c1-2-3-4-5-10-13-16-19(21)17-14-11-8-6-7-9-12-15-18-20(22)23/h8,10-11,13-14,17,19,21H,2-7,9,12,15-16,18H2,1H3,(H,22,23)/b11-8-,13-10-,17-14+/t19-/m1/s1. The number of allylic oxidation sites excluding steroid dienone is 4. The molecule has 3 nitrogen and oxygen atoms in total. The topological polar surface area (TPSA) is 57.5 Å². The molecule has 0 aromatic carbocycles. The van der Waals surface area contributed by atoms with Crippen molar-refractivity contribution in [3.8, 4) is 0 Å². The zero-order chi connectivity index (χ0) is 17.2. The smallest absolute Gasteiger partial charge is 0.303 e. The number of carboxylic acids is 1. The average molecular weight is 322 g/mol. The third-order valence-electron chi connectivity index (χ3n) is 3.61. The third-order valence-corrected chi connectivity index (χ3v) is 3.61. The molecule has 0 fully saturated rings. The number of carbonyl (C=O) groups is 1. The molecular weight excluding hydrogens is 288 g/mol. The minimum atomic E-state index is -0.704. The summed E-state index contributed by atoms with van der Waals surface area (Å²) in [4.78, 5) is 10.3. The zero-order valence-electron chi connectivity index (χ0n) is 14.6. The molecule has 1 atom stereocenters. The molecule has 0 saturated carbocycles. The van der Waals surface area contributed by atoms with Crippen molar-refractivity contribution in [1.82, 2.24) is 0 Å². The SMILES string of the molecule is CCCCC/C=C\C[C@@H](O)/C=C/C=C\CCCCCCC(=O)O. The summed E-state index contributed by atoms with van der Waals surface area (Å²) in [5, 5.41) is 18.3. The summed E-state index contributed by atoms with van der Waals surface area (Å²) in [6.07, 6.45) is 22.4. The Kier molecular flexibility index (Phi) is 16.0. The first-order valence-corrected chi connectivity index (χ1v) is 9.05. The van der Waals surface area contributed by atoms with Gasteiger partial charge in [0.25, 0.3) is 0 Å². The van der Waals surface area contributed by atoms with Crippen LogP contribution in [0.1, 0.15) is 77.6 Å². The quantitative estimate of drug-likeness (QED) is 0.241. The lowest BCUT2D eigenvalue weighted by Gasteiger charge is -1.99. The molecule has 0 radical (unpaired) electrons. The van der Waals surface area contributed by atoms with E-state index >= 15 is 0 Å². The normalized spacial score (nSPS) is 13.5. The molecule has 0 spiro atoms. The van der Waals surface area contributed by atoms with Gasteiger partial charge in [-0.1, -0.05) is 69.1 Å². The Morgan fingerprint density at radius 3 is 2.35 bits per heavy atom. The van der Waals surface area contributed by atoms with Gasteiger partial charge in [-0.15, -0.1) is 0 Å². The Morgan fingerprint density at radius 1 is 0.913 bits per heavy atom. The van der Waals surface area contributed by atoms with Gasteiger partial charge in [-0.2, -0.15) is 0 Å². The van der Waals surface area contributed by atoms with Gasteiger partial charge >= 0.3 is 5.97 Å². The molecule has 0 bridgehead atoms. The van der Waals surface area contributed by atoms with Gasteiger partial charge in [-0.3, -0.25) is 4.79 Å². The van der Waals surface area contributed by atoms with Crippen molar-refractivity contribution in [2.24, 2.45) is 0 Å². The fraction of sp³-hybridized carbons (Fsp3) is 0.650. The second kappa shape index (κ2) is 17.0. The second-order valence-electron chi connectivity index (χ2n) is 5.93. The fourth-order valence-electron chi connectivity index (χ4n) is 2.20. The number of aliphatic carboxylic acids is 1. The molecule has 132 valence electrons. The third kappa shape index (κ3) is 18.6. The van der Waals surface area contributed by atoms with Crippen LogP contribution in [-0.2, 0) is 4.79 Å². The van der Waals surface area contributed by atoms with Gasteiger partial charge in [0, 0.05) is 6.42 Å². The summed E-state index contributed by atoms with van der Waals surface area (Å²) in [6.45, 7) is 2.20. The van der Waals surface area contributed by atoms with Crippen molar-refractivity contribution >= 4 is 5.97 Å². The van der Waals surface area contributed by atoms with Crippen molar-refractivity contribution < 1.29 is 15.0 Å². The number of aliphatic hydroxyl groups is 1. The molecule has 0 amide bonds. The molecule has 2 N–H and O–H groups in total. The number of hydrogen-bond acceptors (Lipinski definition) is 2. The summed E-state index contributed by atoms with van der Waals surface area (Å²) >= 11 is 0. The van der Waals surface area contributed by atoms with Crippen LogP contribution in [0, 0.1) is 0 Å². The van der Waals surface area contributed by atoms with Crippen molar-refractivity contribution in [3.05, 3.63) is 36.5 Å². The molecule has 0 aliphatic heterocycles. The molecule has 0 aliphatic carbocycles. The maximum absolute atomic E-state index is 10.3. The molecule has 0 aromatic rings. The van der Waals surface area contributed by atoms with Crippen LogP contribution in [0.4, 0.5) is 0 Å². The predicted molar refractivity (Wildman–Crippen MR) is 97.5 cm³/mol. The van der Waals surface area contributed by atoms with E-state index in [1.807, 2.05) is 18.2 Å². The van der Waals surface area contributed by atoms with Crippen molar-refractivity contribution in [3.63, 3.8) is 0 Å². The van der Waals surface area contributed by atoms with E-state index in [1.165, 1.54) is 19.3 Å². The van der Waals surface area contributed by atoms with Crippen LogP contribution in [0.15, 0.2) is 36.5 Å². The van der Waals surface area contributed by atoms with Gasteiger partial charge in [0.15, 0.2) is 0 Å². The van der Waals surface area contributed by atoms with Crippen LogP contribution in [0.5, 0.6) is 0 Å². The van der Waals surface area contributed by atoms with Gasteiger partial charge in [0.2, 0.25) is 0 Å². The molecular formula is C20H34O3. The first-order valence-electron chi connectivity index (χ1n) is 9.05. The van der Waals surface area contributed by atoms with Crippen molar-refractivity contribution in [2.45, 2.75) is 83.7 Å². The van der Waals surface area contributed by atoms with E-state index in [1.54, 1.807) is 0 Å². The van der Waals surface area contributed by atoms with Crippen LogP contribution in [0.25, 0.3) is 0 Å². The monoisotopic (exact) mass is 322 g/mol. The van der Waals surface area contributed by atoms with Crippen LogP contribution in [-0.4, -0.2) is 22.3 Å². The summed E-state index contributed by atoms with van der Waals surface area (Å²) in [5.74, 6) is -0.704. The second-order valence-corrected chi connectivity index (χ2v) is 5.93. The first kappa shape index (κ1) is 21.6. The summed E-state index contributed by atoms with van der Waals surface area (Å²) in [5.41, 5.74) is 0. The number of carboxylic acid groups (broad SMARTS) is 1. The van der Waals surface area contributed by atoms with Crippen LogP contribution >= 0.6 is 0 Å².